The first kappa shape index (κ1) is 18.9. The molecule has 0 amide bonds. The second-order valence-electron chi connectivity index (χ2n) is 6.24. The maximum atomic E-state index is 12.3. The number of benzene rings is 3. The molecule has 0 heterocycles. The molecule has 0 saturated heterocycles. The third kappa shape index (κ3) is 5.05. The quantitative estimate of drug-likeness (QED) is 0.428. The van der Waals surface area contributed by atoms with Gasteiger partial charge in [0.15, 0.2) is 6.10 Å². The zero-order valence-corrected chi connectivity index (χ0v) is 15.6. The summed E-state index contributed by atoms with van der Waals surface area (Å²) in [6.07, 6.45) is -0.727. The smallest absolute Gasteiger partial charge is 0.310 e. The van der Waals surface area contributed by atoms with E-state index in [1.165, 1.54) is 0 Å². The Labute approximate surface area is 163 Å². The van der Waals surface area contributed by atoms with E-state index < -0.39 is 12.1 Å². The van der Waals surface area contributed by atoms with Crippen LogP contribution < -0.4 is 0 Å². The summed E-state index contributed by atoms with van der Waals surface area (Å²) in [6.45, 7) is 1.58. The highest BCUT2D eigenvalue weighted by Crippen LogP contribution is 2.19. The molecule has 0 aliphatic rings. The summed E-state index contributed by atoms with van der Waals surface area (Å²) in [6, 6.07) is 24.3. The van der Waals surface area contributed by atoms with E-state index in [-0.39, 0.29) is 12.2 Å². The number of rotatable bonds is 6. The van der Waals surface area contributed by atoms with Gasteiger partial charge in [-0.15, -0.1) is 0 Å². The highest BCUT2D eigenvalue weighted by atomic mass is 35.5. The number of ketones is 1. The minimum absolute atomic E-state index is 0.118. The number of hydrogen-bond acceptors (Lipinski definition) is 3. The van der Waals surface area contributed by atoms with Crippen molar-refractivity contribution >= 4 is 23.4 Å². The van der Waals surface area contributed by atoms with Crippen LogP contribution in [0.5, 0.6) is 0 Å². The lowest BCUT2D eigenvalue weighted by Gasteiger charge is -2.12. The van der Waals surface area contributed by atoms with E-state index >= 15 is 0 Å². The molecular formula is C23H19ClO3. The summed E-state index contributed by atoms with van der Waals surface area (Å²) in [5.74, 6) is -0.684. The normalized spacial score (nSPS) is 11.6. The summed E-state index contributed by atoms with van der Waals surface area (Å²) < 4.78 is 5.29. The Hall–Kier alpha value is -2.91. The molecule has 0 aliphatic carbocycles. The molecule has 0 N–H and O–H groups in total. The summed E-state index contributed by atoms with van der Waals surface area (Å²) >= 11 is 5.82. The highest BCUT2D eigenvalue weighted by Gasteiger charge is 2.19. The number of esters is 1. The van der Waals surface area contributed by atoms with Gasteiger partial charge in [0.25, 0.3) is 0 Å². The van der Waals surface area contributed by atoms with Crippen LogP contribution in [-0.2, 0) is 16.0 Å². The summed E-state index contributed by atoms with van der Waals surface area (Å²) in [5, 5.41) is 0.551. The van der Waals surface area contributed by atoms with Crippen LogP contribution >= 0.6 is 11.6 Å². The molecule has 4 heteroatoms. The van der Waals surface area contributed by atoms with Crippen LogP contribution in [0.3, 0.4) is 0 Å². The topological polar surface area (TPSA) is 43.4 Å². The summed E-state index contributed by atoms with van der Waals surface area (Å²) in [7, 11) is 0. The first-order valence-corrected chi connectivity index (χ1v) is 9.04. The Morgan fingerprint density at radius 1 is 0.852 bits per heavy atom. The molecule has 3 aromatic carbocycles. The van der Waals surface area contributed by atoms with Gasteiger partial charge in [0.05, 0.1) is 6.42 Å². The fourth-order valence-electron chi connectivity index (χ4n) is 2.75. The molecule has 0 aliphatic heterocycles. The van der Waals surface area contributed by atoms with Gasteiger partial charge < -0.3 is 4.74 Å². The van der Waals surface area contributed by atoms with Gasteiger partial charge in [-0.3, -0.25) is 9.59 Å². The lowest BCUT2D eigenvalue weighted by molar-refractivity contribution is -0.145. The zero-order chi connectivity index (χ0) is 19.2. The van der Waals surface area contributed by atoms with Crippen LogP contribution in [0.25, 0.3) is 11.1 Å². The maximum absolute atomic E-state index is 12.3. The van der Waals surface area contributed by atoms with Crippen LogP contribution in [0.4, 0.5) is 0 Å². The predicted octanol–water partition coefficient (Wildman–Crippen LogP) is 5.36. The van der Waals surface area contributed by atoms with Gasteiger partial charge in [-0.25, -0.2) is 0 Å². The largest absolute Gasteiger partial charge is 0.454 e. The van der Waals surface area contributed by atoms with Crippen molar-refractivity contribution in [3.8, 4) is 11.1 Å². The molecule has 0 fully saturated rings. The number of carbonyl (C=O) groups excluding carboxylic acids is 2. The van der Waals surface area contributed by atoms with E-state index in [0.29, 0.717) is 10.6 Å². The van der Waals surface area contributed by atoms with Crippen molar-refractivity contribution in [2.24, 2.45) is 0 Å². The number of hydrogen-bond donors (Lipinski definition) is 0. The van der Waals surface area contributed by atoms with Crippen LogP contribution in [0.1, 0.15) is 22.8 Å². The second-order valence-corrected chi connectivity index (χ2v) is 6.68. The van der Waals surface area contributed by atoms with Gasteiger partial charge in [-0.1, -0.05) is 66.2 Å². The summed E-state index contributed by atoms with van der Waals surface area (Å²) in [5.41, 5.74) is 3.51. The molecule has 3 aromatic rings. The SMILES string of the molecule is C[C@@H](OC(=O)Cc1ccc(-c2ccccc2)cc1)C(=O)c1ccc(Cl)cc1. The maximum Gasteiger partial charge on any atom is 0.310 e. The van der Waals surface area contributed by atoms with Crippen molar-refractivity contribution in [3.63, 3.8) is 0 Å². The van der Waals surface area contributed by atoms with Gasteiger partial charge in [-0.2, -0.15) is 0 Å². The number of ether oxygens (including phenoxy) is 1. The van der Waals surface area contributed by atoms with Crippen LogP contribution in [0.15, 0.2) is 78.9 Å². The molecule has 0 spiro atoms. The fourth-order valence-corrected chi connectivity index (χ4v) is 2.88. The summed E-state index contributed by atoms with van der Waals surface area (Å²) in [4.78, 5) is 24.5. The molecule has 0 unspecified atom stereocenters. The van der Waals surface area contributed by atoms with E-state index in [0.717, 1.165) is 16.7 Å². The van der Waals surface area contributed by atoms with E-state index in [1.54, 1.807) is 31.2 Å². The van der Waals surface area contributed by atoms with Crippen LogP contribution in [0.2, 0.25) is 5.02 Å². The molecule has 0 saturated carbocycles. The lowest BCUT2D eigenvalue weighted by atomic mass is 10.0. The Kier molecular flexibility index (Phi) is 6.05. The molecule has 27 heavy (non-hydrogen) atoms. The van der Waals surface area contributed by atoms with Gasteiger partial charge in [0.1, 0.15) is 0 Å². The molecule has 136 valence electrons. The van der Waals surface area contributed by atoms with Crippen molar-refractivity contribution in [3.05, 3.63) is 95.0 Å². The Morgan fingerprint density at radius 2 is 1.44 bits per heavy atom. The Balaban J connectivity index is 1.58. The zero-order valence-electron chi connectivity index (χ0n) is 14.9. The molecule has 0 aromatic heterocycles. The average molecular weight is 379 g/mol. The second kappa shape index (κ2) is 8.65. The van der Waals surface area contributed by atoms with Gasteiger partial charge in [0, 0.05) is 10.6 Å². The molecular weight excluding hydrogens is 360 g/mol. The molecule has 3 nitrogen and oxygen atoms in total. The van der Waals surface area contributed by atoms with Crippen molar-refractivity contribution in [2.75, 3.05) is 0 Å². The van der Waals surface area contributed by atoms with E-state index in [1.807, 2.05) is 54.6 Å². The average Bonchev–Trinajstić information content (AvgIpc) is 2.69. The van der Waals surface area contributed by atoms with E-state index in [4.69, 9.17) is 16.3 Å². The molecule has 1 atom stereocenters. The number of halogens is 1. The Morgan fingerprint density at radius 3 is 2.07 bits per heavy atom. The third-order valence-electron chi connectivity index (χ3n) is 4.22. The highest BCUT2D eigenvalue weighted by molar-refractivity contribution is 6.30. The van der Waals surface area contributed by atoms with E-state index in [2.05, 4.69) is 0 Å². The Bertz CT molecular complexity index is 916. The van der Waals surface area contributed by atoms with Gasteiger partial charge in [-0.05, 0) is 47.9 Å². The van der Waals surface area contributed by atoms with Crippen LogP contribution in [-0.4, -0.2) is 17.9 Å². The predicted molar refractivity (Wildman–Crippen MR) is 107 cm³/mol. The molecule has 0 radical (unpaired) electrons. The van der Waals surface area contributed by atoms with E-state index in [9.17, 15) is 9.59 Å². The van der Waals surface area contributed by atoms with Gasteiger partial charge >= 0.3 is 5.97 Å². The number of Topliss-reactive ketones (excluding diaryl/α,β-unsaturated/α-hetero) is 1. The first-order valence-electron chi connectivity index (χ1n) is 8.66. The van der Waals surface area contributed by atoms with Crippen molar-refractivity contribution in [2.45, 2.75) is 19.4 Å². The monoisotopic (exact) mass is 378 g/mol. The first-order chi connectivity index (χ1) is 13.0. The number of carbonyl (C=O) groups is 2. The fraction of sp³-hybridized carbons (Fsp3) is 0.130. The molecule has 3 rings (SSSR count). The third-order valence-corrected chi connectivity index (χ3v) is 4.47. The van der Waals surface area contributed by atoms with Crippen molar-refractivity contribution in [1.29, 1.82) is 0 Å². The minimum Gasteiger partial charge on any atom is -0.454 e. The lowest BCUT2D eigenvalue weighted by Crippen LogP contribution is -2.25. The standard InChI is InChI=1S/C23H19ClO3/c1-16(23(26)20-11-13-21(24)14-12-20)27-22(25)15-17-7-9-19(10-8-17)18-5-3-2-4-6-18/h2-14,16H,15H2,1H3/t16-/m1/s1. The van der Waals surface area contributed by atoms with Crippen LogP contribution in [0, 0.1) is 0 Å². The van der Waals surface area contributed by atoms with Crippen molar-refractivity contribution < 1.29 is 14.3 Å². The van der Waals surface area contributed by atoms with Crippen molar-refractivity contribution in [1.82, 2.24) is 0 Å². The van der Waals surface area contributed by atoms with Gasteiger partial charge in [0.2, 0.25) is 5.78 Å². The molecule has 0 bridgehead atoms. The minimum atomic E-state index is -0.845.